The number of hydrogen-bond donors (Lipinski definition) is 2. The van der Waals surface area contributed by atoms with Gasteiger partial charge in [-0.3, -0.25) is 4.79 Å². The van der Waals surface area contributed by atoms with Gasteiger partial charge in [-0.1, -0.05) is 6.92 Å². The lowest BCUT2D eigenvalue weighted by Crippen LogP contribution is -2.58. The quantitative estimate of drug-likeness (QED) is 0.819. The predicted molar refractivity (Wildman–Crippen MR) is 74.1 cm³/mol. The molecule has 2 heterocycles. The van der Waals surface area contributed by atoms with Gasteiger partial charge in [0, 0.05) is 26.2 Å². The van der Waals surface area contributed by atoms with Crippen molar-refractivity contribution in [2.75, 3.05) is 31.1 Å². The second-order valence-electron chi connectivity index (χ2n) is 4.62. The van der Waals surface area contributed by atoms with Gasteiger partial charge in [-0.05, 0) is 13.3 Å². The number of nitrogens with one attached hydrogen (secondary N) is 2. The van der Waals surface area contributed by atoms with Crippen molar-refractivity contribution in [3.8, 4) is 0 Å². The van der Waals surface area contributed by atoms with E-state index in [1.807, 2.05) is 13.8 Å². The number of aryl methyl sites for hydroxylation is 1. The fourth-order valence-corrected chi connectivity index (χ4v) is 2.33. The van der Waals surface area contributed by atoms with Gasteiger partial charge in [0.1, 0.15) is 12.4 Å². The number of rotatable bonds is 4. The Kier molecular flexibility index (Phi) is 4.84. The average Bonchev–Trinajstić information content (AvgIpc) is 2.48. The molecule has 7 heteroatoms. The number of halogens is 1. The maximum atomic E-state index is 14.4. The second kappa shape index (κ2) is 6.60. The second-order valence-corrected chi connectivity index (χ2v) is 4.62. The third-order valence-electron chi connectivity index (χ3n) is 3.35. The molecular weight excluding hydrogens is 261 g/mol. The molecule has 1 unspecified atom stereocenters. The van der Waals surface area contributed by atoms with Crippen LogP contribution in [0.2, 0.25) is 0 Å². The van der Waals surface area contributed by atoms with Gasteiger partial charge in [-0.15, -0.1) is 0 Å². The van der Waals surface area contributed by atoms with Crippen LogP contribution >= 0.6 is 0 Å². The van der Waals surface area contributed by atoms with Crippen molar-refractivity contribution >= 4 is 11.7 Å². The maximum Gasteiger partial charge on any atom is 0.244 e. The van der Waals surface area contributed by atoms with Crippen LogP contribution in [-0.4, -0.2) is 48.1 Å². The van der Waals surface area contributed by atoms with E-state index in [0.29, 0.717) is 38.3 Å². The highest BCUT2D eigenvalue weighted by Gasteiger charge is 2.31. The largest absolute Gasteiger partial charge is 0.355 e. The molecule has 0 aliphatic carbocycles. The van der Waals surface area contributed by atoms with Gasteiger partial charge in [0.05, 0.1) is 5.69 Å². The monoisotopic (exact) mass is 281 g/mol. The molecule has 6 nitrogen and oxygen atoms in total. The molecule has 1 fully saturated rings. The van der Waals surface area contributed by atoms with Gasteiger partial charge in [-0.25, -0.2) is 14.4 Å². The normalized spacial score (nSPS) is 18.9. The molecule has 1 aromatic heterocycles. The Morgan fingerprint density at radius 3 is 3.05 bits per heavy atom. The zero-order valence-electron chi connectivity index (χ0n) is 11.8. The molecule has 20 heavy (non-hydrogen) atoms. The van der Waals surface area contributed by atoms with Crippen LogP contribution in [0.5, 0.6) is 0 Å². The highest BCUT2D eigenvalue weighted by atomic mass is 19.1. The molecule has 0 saturated carbocycles. The molecular formula is C13H20FN5O. The molecule has 1 aliphatic heterocycles. The third-order valence-corrected chi connectivity index (χ3v) is 3.35. The first kappa shape index (κ1) is 14.6. The Hall–Kier alpha value is -1.76. The average molecular weight is 281 g/mol. The van der Waals surface area contributed by atoms with E-state index >= 15 is 0 Å². The number of amides is 1. The number of piperazine rings is 1. The molecule has 2 rings (SSSR count). The van der Waals surface area contributed by atoms with E-state index in [1.54, 1.807) is 4.90 Å². The van der Waals surface area contributed by atoms with E-state index < -0.39 is 11.9 Å². The summed E-state index contributed by atoms with van der Waals surface area (Å²) in [6.45, 7) is 5.97. The van der Waals surface area contributed by atoms with Crippen molar-refractivity contribution in [2.24, 2.45) is 0 Å². The Morgan fingerprint density at radius 2 is 2.35 bits per heavy atom. The maximum absolute atomic E-state index is 14.4. The Morgan fingerprint density at radius 1 is 1.55 bits per heavy atom. The van der Waals surface area contributed by atoms with E-state index in [2.05, 4.69) is 20.6 Å². The number of carbonyl (C=O) groups is 1. The SMILES string of the molecule is CCNC(=O)C1CNCCN1c1ncnc(CC)c1F. The molecule has 0 aromatic carbocycles. The fraction of sp³-hybridized carbons (Fsp3) is 0.615. The minimum Gasteiger partial charge on any atom is -0.355 e. The van der Waals surface area contributed by atoms with Crippen LogP contribution in [0.4, 0.5) is 10.2 Å². The van der Waals surface area contributed by atoms with E-state index in [0.717, 1.165) is 0 Å². The first-order valence-corrected chi connectivity index (χ1v) is 6.93. The zero-order valence-corrected chi connectivity index (χ0v) is 11.8. The summed E-state index contributed by atoms with van der Waals surface area (Å²) in [5, 5.41) is 5.93. The van der Waals surface area contributed by atoms with Crippen molar-refractivity contribution in [1.29, 1.82) is 0 Å². The third kappa shape index (κ3) is 2.87. The molecule has 1 saturated heterocycles. The standard InChI is InChI=1S/C13H20FN5O/c1-3-9-11(14)12(18-8-17-9)19-6-5-15-7-10(19)13(20)16-4-2/h8,10,15H,3-7H2,1-2H3,(H,16,20). The Bertz CT molecular complexity index is 482. The lowest BCUT2D eigenvalue weighted by atomic mass is 10.1. The number of nitrogens with zero attached hydrogens (tertiary/aromatic N) is 3. The van der Waals surface area contributed by atoms with Crippen molar-refractivity contribution in [3.05, 3.63) is 17.8 Å². The zero-order chi connectivity index (χ0) is 14.5. The van der Waals surface area contributed by atoms with Crippen molar-refractivity contribution in [1.82, 2.24) is 20.6 Å². The van der Waals surface area contributed by atoms with Crippen molar-refractivity contribution in [3.63, 3.8) is 0 Å². The van der Waals surface area contributed by atoms with E-state index in [-0.39, 0.29) is 11.7 Å². The van der Waals surface area contributed by atoms with Gasteiger partial charge in [-0.2, -0.15) is 0 Å². The number of carbonyl (C=O) groups excluding carboxylic acids is 1. The summed E-state index contributed by atoms with van der Waals surface area (Å²) in [6.07, 6.45) is 1.85. The van der Waals surface area contributed by atoms with Crippen LogP contribution in [0.3, 0.4) is 0 Å². The molecule has 1 atom stereocenters. The summed E-state index contributed by atoms with van der Waals surface area (Å²) in [7, 11) is 0. The van der Waals surface area contributed by atoms with Crippen LogP contribution in [0, 0.1) is 5.82 Å². The molecule has 2 N–H and O–H groups in total. The number of aromatic nitrogens is 2. The van der Waals surface area contributed by atoms with Crippen molar-refractivity contribution < 1.29 is 9.18 Å². The molecule has 0 bridgehead atoms. The molecule has 0 radical (unpaired) electrons. The highest BCUT2D eigenvalue weighted by Crippen LogP contribution is 2.21. The lowest BCUT2D eigenvalue weighted by Gasteiger charge is -2.36. The summed E-state index contributed by atoms with van der Waals surface area (Å²) in [5.74, 6) is -0.323. The molecule has 0 spiro atoms. The summed E-state index contributed by atoms with van der Waals surface area (Å²) in [6, 6.07) is -0.446. The van der Waals surface area contributed by atoms with E-state index in [9.17, 15) is 9.18 Å². The fourth-order valence-electron chi connectivity index (χ4n) is 2.33. The molecule has 110 valence electrons. The summed E-state index contributed by atoms with van der Waals surface area (Å²) in [4.78, 5) is 21.8. The van der Waals surface area contributed by atoms with Crippen molar-refractivity contribution in [2.45, 2.75) is 26.3 Å². The molecule has 1 amide bonds. The van der Waals surface area contributed by atoms with Crippen LogP contribution in [0.1, 0.15) is 19.5 Å². The topological polar surface area (TPSA) is 70.2 Å². The first-order chi connectivity index (χ1) is 9.69. The summed E-state index contributed by atoms with van der Waals surface area (Å²) >= 11 is 0. The van der Waals surface area contributed by atoms with Gasteiger partial charge < -0.3 is 15.5 Å². The number of hydrogen-bond acceptors (Lipinski definition) is 5. The predicted octanol–water partition coefficient (Wildman–Crippen LogP) is 0.0924. The van der Waals surface area contributed by atoms with Crippen LogP contribution in [0.15, 0.2) is 6.33 Å². The first-order valence-electron chi connectivity index (χ1n) is 6.93. The Labute approximate surface area is 117 Å². The summed E-state index contributed by atoms with van der Waals surface area (Å²) in [5.41, 5.74) is 0.378. The minimum atomic E-state index is -0.446. The molecule has 1 aromatic rings. The van der Waals surface area contributed by atoms with Gasteiger partial charge >= 0.3 is 0 Å². The number of anilines is 1. The van der Waals surface area contributed by atoms with E-state index in [1.165, 1.54) is 6.33 Å². The summed E-state index contributed by atoms with van der Waals surface area (Å²) < 4.78 is 14.4. The van der Waals surface area contributed by atoms with Crippen LogP contribution in [-0.2, 0) is 11.2 Å². The highest BCUT2D eigenvalue weighted by molar-refractivity contribution is 5.85. The minimum absolute atomic E-state index is 0.115. The van der Waals surface area contributed by atoms with Gasteiger partial charge in [0.15, 0.2) is 11.6 Å². The lowest BCUT2D eigenvalue weighted by molar-refractivity contribution is -0.122. The molecule has 1 aliphatic rings. The van der Waals surface area contributed by atoms with E-state index in [4.69, 9.17) is 0 Å². The van der Waals surface area contributed by atoms with Crippen LogP contribution in [0.25, 0.3) is 0 Å². The van der Waals surface area contributed by atoms with Crippen LogP contribution < -0.4 is 15.5 Å². The van der Waals surface area contributed by atoms with Gasteiger partial charge in [0.2, 0.25) is 5.91 Å². The smallest absolute Gasteiger partial charge is 0.244 e. The van der Waals surface area contributed by atoms with Gasteiger partial charge in [0.25, 0.3) is 0 Å². The number of likely N-dealkylation sites (N-methyl/N-ethyl adjacent to an activating group) is 1. The Balaban J connectivity index is 2.30.